The van der Waals surface area contributed by atoms with Gasteiger partial charge in [-0.25, -0.2) is 0 Å². The van der Waals surface area contributed by atoms with Crippen molar-refractivity contribution in [3.63, 3.8) is 0 Å². The third kappa shape index (κ3) is 2.68. The normalized spacial score (nSPS) is 29.2. The highest BCUT2D eigenvalue weighted by atomic mass is 16.5. The Morgan fingerprint density at radius 3 is 2.78 bits per heavy atom. The molecule has 3 heteroatoms. The van der Waals surface area contributed by atoms with E-state index in [4.69, 9.17) is 15.2 Å². The second kappa shape index (κ2) is 4.90. The van der Waals surface area contributed by atoms with E-state index in [1.165, 1.54) is 12.8 Å². The zero-order chi connectivity index (χ0) is 12.5. The van der Waals surface area contributed by atoms with Crippen molar-refractivity contribution >= 4 is 0 Å². The summed E-state index contributed by atoms with van der Waals surface area (Å²) >= 11 is 0. The molecule has 0 bridgehead atoms. The van der Waals surface area contributed by atoms with E-state index in [2.05, 4.69) is 19.1 Å². The predicted octanol–water partition coefficient (Wildman–Crippen LogP) is 2.80. The van der Waals surface area contributed by atoms with Gasteiger partial charge in [-0.2, -0.15) is 0 Å². The van der Waals surface area contributed by atoms with Crippen LogP contribution in [0.3, 0.4) is 0 Å². The Morgan fingerprint density at radius 1 is 1.28 bits per heavy atom. The highest BCUT2D eigenvalue weighted by molar-refractivity contribution is 5.31. The van der Waals surface area contributed by atoms with Crippen molar-refractivity contribution in [3.8, 4) is 5.75 Å². The summed E-state index contributed by atoms with van der Waals surface area (Å²) in [6, 6.07) is 8.11. The second-order valence-electron chi connectivity index (χ2n) is 5.48. The molecule has 2 aliphatic rings. The first-order valence-electron chi connectivity index (χ1n) is 6.90. The van der Waals surface area contributed by atoms with Crippen LogP contribution in [0.4, 0.5) is 0 Å². The number of benzene rings is 1. The van der Waals surface area contributed by atoms with Gasteiger partial charge < -0.3 is 15.2 Å². The molecular formula is C15H21NO2. The molecule has 2 fully saturated rings. The van der Waals surface area contributed by atoms with Gasteiger partial charge in [0, 0.05) is 0 Å². The largest absolute Gasteiger partial charge is 0.490 e. The zero-order valence-corrected chi connectivity index (χ0v) is 10.8. The first-order valence-corrected chi connectivity index (χ1v) is 6.90. The molecule has 98 valence electrons. The summed E-state index contributed by atoms with van der Waals surface area (Å²) in [4.78, 5) is 0. The second-order valence-corrected chi connectivity index (χ2v) is 5.48. The standard InChI is InChI=1S/C15H21NO2/c1-10-5-8-14(17-10)15(16)11-3-2-4-13(9-11)18-12-6-7-12/h2-4,9-10,12,14-15H,5-8,16H2,1H3. The van der Waals surface area contributed by atoms with Crippen LogP contribution in [0.5, 0.6) is 5.75 Å². The molecule has 1 saturated carbocycles. The lowest BCUT2D eigenvalue weighted by molar-refractivity contribution is 0.0401. The van der Waals surface area contributed by atoms with Gasteiger partial charge in [0.2, 0.25) is 0 Å². The molecule has 1 aliphatic carbocycles. The van der Waals surface area contributed by atoms with Crippen molar-refractivity contribution in [1.82, 2.24) is 0 Å². The summed E-state index contributed by atoms with van der Waals surface area (Å²) in [6.07, 6.45) is 5.44. The van der Waals surface area contributed by atoms with Crippen LogP contribution in [-0.4, -0.2) is 18.3 Å². The van der Waals surface area contributed by atoms with Gasteiger partial charge in [-0.1, -0.05) is 12.1 Å². The molecule has 0 spiro atoms. The molecule has 18 heavy (non-hydrogen) atoms. The van der Waals surface area contributed by atoms with Crippen LogP contribution < -0.4 is 10.5 Å². The average Bonchev–Trinajstić information content (AvgIpc) is 3.08. The molecule has 3 atom stereocenters. The van der Waals surface area contributed by atoms with Gasteiger partial charge in [-0.3, -0.25) is 0 Å². The van der Waals surface area contributed by atoms with Gasteiger partial charge in [0.25, 0.3) is 0 Å². The van der Waals surface area contributed by atoms with Crippen molar-refractivity contribution in [3.05, 3.63) is 29.8 Å². The minimum atomic E-state index is -0.0438. The van der Waals surface area contributed by atoms with Crippen LogP contribution in [0.15, 0.2) is 24.3 Å². The lowest BCUT2D eigenvalue weighted by Gasteiger charge is -2.20. The van der Waals surface area contributed by atoms with E-state index in [0.717, 1.165) is 24.2 Å². The zero-order valence-electron chi connectivity index (χ0n) is 10.8. The van der Waals surface area contributed by atoms with Crippen molar-refractivity contribution in [2.24, 2.45) is 5.73 Å². The fourth-order valence-corrected chi connectivity index (χ4v) is 2.49. The Balaban J connectivity index is 1.70. The molecule has 1 aliphatic heterocycles. The maximum Gasteiger partial charge on any atom is 0.120 e. The first kappa shape index (κ1) is 12.0. The number of ether oxygens (including phenoxy) is 2. The van der Waals surface area contributed by atoms with E-state index >= 15 is 0 Å². The fraction of sp³-hybridized carbons (Fsp3) is 0.600. The minimum absolute atomic E-state index is 0.0438. The first-order chi connectivity index (χ1) is 8.72. The van der Waals surface area contributed by atoms with Crippen molar-refractivity contribution < 1.29 is 9.47 Å². The molecule has 0 radical (unpaired) electrons. The number of rotatable bonds is 4. The van der Waals surface area contributed by atoms with Crippen LogP contribution in [0, 0.1) is 0 Å². The molecule has 3 nitrogen and oxygen atoms in total. The third-order valence-corrected chi connectivity index (χ3v) is 3.74. The van der Waals surface area contributed by atoms with Gasteiger partial charge in [0.05, 0.1) is 24.4 Å². The fourth-order valence-electron chi connectivity index (χ4n) is 2.49. The summed E-state index contributed by atoms with van der Waals surface area (Å²) in [5.41, 5.74) is 7.42. The molecule has 1 aromatic carbocycles. The average molecular weight is 247 g/mol. The molecular weight excluding hydrogens is 226 g/mol. The summed E-state index contributed by atoms with van der Waals surface area (Å²) in [6.45, 7) is 2.11. The molecule has 0 amide bonds. The monoisotopic (exact) mass is 247 g/mol. The van der Waals surface area contributed by atoms with Crippen molar-refractivity contribution in [2.45, 2.75) is 57.0 Å². The summed E-state index contributed by atoms with van der Waals surface area (Å²) in [5.74, 6) is 0.941. The minimum Gasteiger partial charge on any atom is -0.490 e. The Hall–Kier alpha value is -1.06. The molecule has 2 N–H and O–H groups in total. The van der Waals surface area contributed by atoms with Gasteiger partial charge in [-0.05, 0) is 50.3 Å². The number of hydrogen-bond donors (Lipinski definition) is 1. The van der Waals surface area contributed by atoms with Gasteiger partial charge in [-0.15, -0.1) is 0 Å². The molecule has 1 heterocycles. The topological polar surface area (TPSA) is 44.5 Å². The van der Waals surface area contributed by atoms with E-state index in [-0.39, 0.29) is 12.1 Å². The summed E-state index contributed by atoms with van der Waals surface area (Å²) in [5, 5.41) is 0. The predicted molar refractivity (Wildman–Crippen MR) is 70.6 cm³/mol. The smallest absolute Gasteiger partial charge is 0.120 e. The summed E-state index contributed by atoms with van der Waals surface area (Å²) < 4.78 is 11.6. The Morgan fingerprint density at radius 2 is 2.11 bits per heavy atom. The van der Waals surface area contributed by atoms with E-state index in [1.807, 2.05) is 12.1 Å². The maximum absolute atomic E-state index is 6.30. The Kier molecular flexibility index (Phi) is 3.27. The van der Waals surface area contributed by atoms with E-state index in [0.29, 0.717) is 12.2 Å². The van der Waals surface area contributed by atoms with Crippen LogP contribution in [0.25, 0.3) is 0 Å². The van der Waals surface area contributed by atoms with Crippen molar-refractivity contribution in [1.29, 1.82) is 0 Å². The SMILES string of the molecule is CC1CCC(C(N)c2cccc(OC3CC3)c2)O1. The maximum atomic E-state index is 6.30. The van der Waals surface area contributed by atoms with Crippen LogP contribution in [0.2, 0.25) is 0 Å². The Bertz CT molecular complexity index is 417. The van der Waals surface area contributed by atoms with Gasteiger partial charge in [0.1, 0.15) is 5.75 Å². The number of nitrogens with two attached hydrogens (primary N) is 1. The highest BCUT2D eigenvalue weighted by Crippen LogP contribution is 2.31. The number of hydrogen-bond acceptors (Lipinski definition) is 3. The lowest BCUT2D eigenvalue weighted by Crippen LogP contribution is -2.26. The van der Waals surface area contributed by atoms with E-state index < -0.39 is 0 Å². The third-order valence-electron chi connectivity index (χ3n) is 3.74. The molecule has 3 unspecified atom stereocenters. The highest BCUT2D eigenvalue weighted by Gasteiger charge is 2.29. The quantitative estimate of drug-likeness (QED) is 0.889. The van der Waals surface area contributed by atoms with Crippen molar-refractivity contribution in [2.75, 3.05) is 0 Å². The van der Waals surface area contributed by atoms with Gasteiger partial charge >= 0.3 is 0 Å². The van der Waals surface area contributed by atoms with E-state index in [9.17, 15) is 0 Å². The molecule has 0 aromatic heterocycles. The molecule has 1 saturated heterocycles. The molecule has 3 rings (SSSR count). The Labute approximate surface area is 108 Å². The summed E-state index contributed by atoms with van der Waals surface area (Å²) in [7, 11) is 0. The molecule has 1 aromatic rings. The van der Waals surface area contributed by atoms with Crippen LogP contribution >= 0.6 is 0 Å². The van der Waals surface area contributed by atoms with E-state index in [1.54, 1.807) is 0 Å². The van der Waals surface area contributed by atoms with Crippen LogP contribution in [0.1, 0.15) is 44.2 Å². The van der Waals surface area contributed by atoms with Gasteiger partial charge in [0.15, 0.2) is 0 Å². The lowest BCUT2D eigenvalue weighted by atomic mass is 10.00. The van der Waals surface area contributed by atoms with Crippen LogP contribution in [-0.2, 0) is 4.74 Å².